The van der Waals surface area contributed by atoms with Crippen LogP contribution in [-0.4, -0.2) is 11.8 Å². The van der Waals surface area contributed by atoms with E-state index in [9.17, 15) is 4.79 Å². The highest BCUT2D eigenvalue weighted by Gasteiger charge is 2.15. The molecule has 0 aliphatic carbocycles. The lowest BCUT2D eigenvalue weighted by atomic mass is 9.97. The summed E-state index contributed by atoms with van der Waals surface area (Å²) < 4.78 is 0. The summed E-state index contributed by atoms with van der Waals surface area (Å²) in [7, 11) is 0. The number of carbonyl (C=O) groups excluding carboxylic acids is 1. The molecule has 0 amide bonds. The van der Waals surface area contributed by atoms with Crippen molar-refractivity contribution in [3.63, 3.8) is 0 Å². The molecule has 2 N–H and O–H groups in total. The molecule has 0 bridgehead atoms. The van der Waals surface area contributed by atoms with Gasteiger partial charge in [-0.3, -0.25) is 4.79 Å². The van der Waals surface area contributed by atoms with Crippen LogP contribution < -0.4 is 5.73 Å². The maximum Gasteiger partial charge on any atom is 0.179 e. The van der Waals surface area contributed by atoms with Gasteiger partial charge in [-0.05, 0) is 32.4 Å². The van der Waals surface area contributed by atoms with Crippen molar-refractivity contribution in [1.29, 1.82) is 0 Å². The third-order valence-corrected chi connectivity index (χ3v) is 2.71. The van der Waals surface area contributed by atoms with E-state index in [1.165, 1.54) is 0 Å². The molecule has 1 rings (SSSR count). The van der Waals surface area contributed by atoms with Gasteiger partial charge in [-0.2, -0.15) is 0 Å². The molecule has 0 saturated heterocycles. The zero-order chi connectivity index (χ0) is 12.1. The predicted molar refractivity (Wildman–Crippen MR) is 67.7 cm³/mol. The number of nitrogens with two attached hydrogens (primary N) is 1. The molecule has 1 aromatic rings. The number of unbranched alkanes of at least 4 members (excludes halogenated alkanes) is 1. The summed E-state index contributed by atoms with van der Waals surface area (Å²) >= 11 is 0. The molecule has 0 aliphatic rings. The highest BCUT2D eigenvalue weighted by atomic mass is 16.1. The SMILES string of the molecule is CCCCC(N)C(=O)c1cc(C)cc(C)c1. The van der Waals surface area contributed by atoms with Crippen LogP contribution in [0.4, 0.5) is 0 Å². The van der Waals surface area contributed by atoms with Crippen LogP contribution in [0, 0.1) is 13.8 Å². The number of hydrogen-bond acceptors (Lipinski definition) is 2. The van der Waals surface area contributed by atoms with Gasteiger partial charge in [-0.15, -0.1) is 0 Å². The van der Waals surface area contributed by atoms with E-state index in [2.05, 4.69) is 13.0 Å². The maximum atomic E-state index is 12.0. The Morgan fingerprint density at radius 1 is 1.25 bits per heavy atom. The number of ketones is 1. The van der Waals surface area contributed by atoms with E-state index in [0.717, 1.165) is 36.0 Å². The minimum atomic E-state index is -0.346. The number of rotatable bonds is 5. The largest absolute Gasteiger partial charge is 0.321 e. The van der Waals surface area contributed by atoms with Crippen LogP contribution in [0.1, 0.15) is 47.7 Å². The van der Waals surface area contributed by atoms with Crippen LogP contribution in [0.2, 0.25) is 0 Å². The molecule has 1 unspecified atom stereocenters. The van der Waals surface area contributed by atoms with Gasteiger partial charge >= 0.3 is 0 Å². The fourth-order valence-corrected chi connectivity index (χ4v) is 1.89. The quantitative estimate of drug-likeness (QED) is 0.774. The average molecular weight is 219 g/mol. The van der Waals surface area contributed by atoms with E-state index in [0.29, 0.717) is 0 Å². The first-order chi connectivity index (χ1) is 7.54. The second-order valence-corrected chi connectivity index (χ2v) is 4.49. The first kappa shape index (κ1) is 12.9. The van der Waals surface area contributed by atoms with Crippen LogP contribution in [0.15, 0.2) is 18.2 Å². The average Bonchev–Trinajstić information content (AvgIpc) is 2.23. The summed E-state index contributed by atoms with van der Waals surface area (Å²) in [5.74, 6) is 0.0697. The normalized spacial score (nSPS) is 12.5. The molecule has 2 nitrogen and oxygen atoms in total. The molecule has 1 aromatic carbocycles. The van der Waals surface area contributed by atoms with Crippen molar-refractivity contribution in [2.75, 3.05) is 0 Å². The number of hydrogen-bond donors (Lipinski definition) is 1. The molecule has 0 spiro atoms. The van der Waals surface area contributed by atoms with Crippen LogP contribution >= 0.6 is 0 Å². The van der Waals surface area contributed by atoms with Gasteiger partial charge in [-0.1, -0.05) is 37.0 Å². The monoisotopic (exact) mass is 219 g/mol. The Morgan fingerprint density at radius 3 is 2.31 bits per heavy atom. The molecule has 0 aliphatic heterocycles. The number of benzene rings is 1. The third kappa shape index (κ3) is 3.46. The molecule has 1 atom stereocenters. The first-order valence-electron chi connectivity index (χ1n) is 5.92. The second-order valence-electron chi connectivity index (χ2n) is 4.49. The van der Waals surface area contributed by atoms with Crippen molar-refractivity contribution >= 4 is 5.78 Å². The Bertz CT molecular complexity index is 351. The summed E-state index contributed by atoms with van der Waals surface area (Å²) in [5, 5.41) is 0. The predicted octanol–water partition coefficient (Wildman–Crippen LogP) is 3.00. The molecule has 16 heavy (non-hydrogen) atoms. The molecule has 0 fully saturated rings. The van der Waals surface area contributed by atoms with E-state index < -0.39 is 0 Å². The Balaban J connectivity index is 2.79. The van der Waals surface area contributed by atoms with Gasteiger partial charge in [0, 0.05) is 5.56 Å². The highest BCUT2D eigenvalue weighted by molar-refractivity contribution is 6.00. The molecular formula is C14H21NO. The Hall–Kier alpha value is -1.15. The van der Waals surface area contributed by atoms with Crippen LogP contribution in [-0.2, 0) is 0 Å². The van der Waals surface area contributed by atoms with Crippen molar-refractivity contribution in [2.45, 2.75) is 46.1 Å². The first-order valence-corrected chi connectivity index (χ1v) is 5.92. The van der Waals surface area contributed by atoms with Crippen molar-refractivity contribution < 1.29 is 4.79 Å². The van der Waals surface area contributed by atoms with Gasteiger partial charge in [-0.25, -0.2) is 0 Å². The van der Waals surface area contributed by atoms with Crippen molar-refractivity contribution in [2.24, 2.45) is 5.73 Å². The minimum absolute atomic E-state index is 0.0697. The number of aryl methyl sites for hydroxylation is 2. The maximum absolute atomic E-state index is 12.0. The van der Waals surface area contributed by atoms with Crippen molar-refractivity contribution in [1.82, 2.24) is 0 Å². The molecule has 2 heteroatoms. The Morgan fingerprint density at radius 2 is 1.81 bits per heavy atom. The number of carbonyl (C=O) groups is 1. The smallest absolute Gasteiger partial charge is 0.179 e. The minimum Gasteiger partial charge on any atom is -0.321 e. The zero-order valence-electron chi connectivity index (χ0n) is 10.4. The summed E-state index contributed by atoms with van der Waals surface area (Å²) in [6.07, 6.45) is 2.87. The van der Waals surface area contributed by atoms with Gasteiger partial charge in [0.1, 0.15) is 0 Å². The summed E-state index contributed by atoms with van der Waals surface area (Å²) in [6.45, 7) is 6.11. The van der Waals surface area contributed by atoms with Gasteiger partial charge in [0.15, 0.2) is 5.78 Å². The van der Waals surface area contributed by atoms with Crippen LogP contribution in [0.5, 0.6) is 0 Å². The lowest BCUT2D eigenvalue weighted by Crippen LogP contribution is -2.30. The van der Waals surface area contributed by atoms with E-state index in [-0.39, 0.29) is 11.8 Å². The summed E-state index contributed by atoms with van der Waals surface area (Å²) in [4.78, 5) is 12.0. The Kier molecular flexibility index (Phi) is 4.69. The lowest BCUT2D eigenvalue weighted by Gasteiger charge is -2.11. The number of Topliss-reactive ketones (excluding diaryl/α,β-unsaturated/α-hetero) is 1. The summed E-state index contributed by atoms with van der Waals surface area (Å²) in [5.41, 5.74) is 8.87. The molecule has 0 radical (unpaired) electrons. The summed E-state index contributed by atoms with van der Waals surface area (Å²) in [6, 6.07) is 5.55. The molecule has 0 saturated carbocycles. The second kappa shape index (κ2) is 5.80. The van der Waals surface area contributed by atoms with Crippen LogP contribution in [0.3, 0.4) is 0 Å². The molecule has 0 heterocycles. The van der Waals surface area contributed by atoms with E-state index in [1.54, 1.807) is 0 Å². The van der Waals surface area contributed by atoms with Gasteiger partial charge in [0.2, 0.25) is 0 Å². The molecule has 0 aromatic heterocycles. The molecule has 88 valence electrons. The standard InChI is InChI=1S/C14H21NO/c1-4-5-6-13(15)14(16)12-8-10(2)7-11(3)9-12/h7-9,13H,4-6,15H2,1-3H3. The van der Waals surface area contributed by atoms with Gasteiger partial charge in [0.25, 0.3) is 0 Å². The van der Waals surface area contributed by atoms with Gasteiger partial charge < -0.3 is 5.73 Å². The zero-order valence-corrected chi connectivity index (χ0v) is 10.4. The fraction of sp³-hybridized carbons (Fsp3) is 0.500. The van der Waals surface area contributed by atoms with Crippen LogP contribution in [0.25, 0.3) is 0 Å². The van der Waals surface area contributed by atoms with Gasteiger partial charge in [0.05, 0.1) is 6.04 Å². The lowest BCUT2D eigenvalue weighted by molar-refractivity contribution is 0.0956. The fourth-order valence-electron chi connectivity index (χ4n) is 1.89. The Labute approximate surface area is 97.9 Å². The highest BCUT2D eigenvalue weighted by Crippen LogP contribution is 2.12. The van der Waals surface area contributed by atoms with Crippen molar-refractivity contribution in [3.8, 4) is 0 Å². The molecular weight excluding hydrogens is 198 g/mol. The van der Waals surface area contributed by atoms with Crippen molar-refractivity contribution in [3.05, 3.63) is 34.9 Å². The third-order valence-electron chi connectivity index (χ3n) is 2.71. The van der Waals surface area contributed by atoms with E-state index >= 15 is 0 Å². The van der Waals surface area contributed by atoms with E-state index in [1.807, 2.05) is 26.0 Å². The van der Waals surface area contributed by atoms with E-state index in [4.69, 9.17) is 5.73 Å². The topological polar surface area (TPSA) is 43.1 Å².